The van der Waals surface area contributed by atoms with Gasteiger partial charge in [-0.25, -0.2) is 0 Å². The molecule has 0 aliphatic carbocycles. The maximum Gasteiger partial charge on any atom is 0.304 e. The summed E-state index contributed by atoms with van der Waals surface area (Å²) in [6.45, 7) is 2.43. The molecule has 2 heterocycles. The van der Waals surface area contributed by atoms with Crippen LogP contribution in [-0.2, 0) is 9.59 Å². The van der Waals surface area contributed by atoms with Crippen LogP contribution in [0.2, 0.25) is 0 Å². The van der Waals surface area contributed by atoms with E-state index >= 15 is 0 Å². The maximum atomic E-state index is 12.3. The summed E-state index contributed by atoms with van der Waals surface area (Å²) in [5.41, 5.74) is 2.45. The van der Waals surface area contributed by atoms with Crippen LogP contribution in [0, 0.1) is 0 Å². The number of benzene rings is 1. The molecule has 0 spiro atoms. The lowest BCUT2D eigenvalue weighted by Crippen LogP contribution is -2.22. The summed E-state index contributed by atoms with van der Waals surface area (Å²) in [5, 5.41) is 18.4. The molecule has 0 radical (unpaired) electrons. The van der Waals surface area contributed by atoms with Crippen LogP contribution in [0.5, 0.6) is 0 Å². The van der Waals surface area contributed by atoms with Crippen LogP contribution in [0.1, 0.15) is 26.2 Å². The molecule has 0 aliphatic rings. The first-order chi connectivity index (χ1) is 14.5. The van der Waals surface area contributed by atoms with E-state index in [4.69, 9.17) is 0 Å². The molecule has 2 aromatic heterocycles. The smallest absolute Gasteiger partial charge is 0.304 e. The molecular weight excluding hydrogens is 422 g/mol. The van der Waals surface area contributed by atoms with Crippen molar-refractivity contribution in [3.05, 3.63) is 50.8 Å². The van der Waals surface area contributed by atoms with E-state index in [0.29, 0.717) is 42.0 Å². The molecule has 0 atom stereocenters. The molecule has 0 saturated carbocycles. The van der Waals surface area contributed by atoms with E-state index in [-0.39, 0.29) is 23.1 Å². The standard InChI is InChI=1S/C20H21N5O3S2/c1-2-21-17(26)5-3-6-18(27)22-14-9-13(16-12-30-20(28)23-16)10-15(11-14)24-25-19-7-4-8-29-19/h4,7-12H,2-3,5-6H2,1H3,(H,21,26)(H,22,27)(H,23,28)/b25-24-. The maximum absolute atomic E-state index is 12.3. The first-order valence-electron chi connectivity index (χ1n) is 9.38. The van der Waals surface area contributed by atoms with Gasteiger partial charge in [0.15, 0.2) is 0 Å². The zero-order valence-electron chi connectivity index (χ0n) is 16.3. The van der Waals surface area contributed by atoms with Crippen molar-refractivity contribution in [1.82, 2.24) is 10.3 Å². The number of carbonyl (C=O) groups excluding carboxylic acids is 2. The Morgan fingerprint density at radius 1 is 1.10 bits per heavy atom. The number of aromatic nitrogens is 1. The lowest BCUT2D eigenvalue weighted by Gasteiger charge is -2.08. The van der Waals surface area contributed by atoms with E-state index in [1.807, 2.05) is 24.4 Å². The fourth-order valence-electron chi connectivity index (χ4n) is 2.67. The molecule has 0 fully saturated rings. The van der Waals surface area contributed by atoms with Crippen LogP contribution in [0.25, 0.3) is 11.3 Å². The van der Waals surface area contributed by atoms with Crippen LogP contribution in [0.15, 0.2) is 56.1 Å². The monoisotopic (exact) mass is 443 g/mol. The van der Waals surface area contributed by atoms with Crippen LogP contribution >= 0.6 is 22.7 Å². The second-order valence-electron chi connectivity index (χ2n) is 6.34. The predicted octanol–water partition coefficient (Wildman–Crippen LogP) is 4.83. The Kier molecular flexibility index (Phi) is 7.63. The SMILES string of the molecule is CCNC(=O)CCCC(=O)Nc1cc(/N=N\c2cccs2)cc(-c2csc(=O)[nH]2)c1. The van der Waals surface area contributed by atoms with Crippen molar-refractivity contribution in [2.45, 2.75) is 26.2 Å². The number of anilines is 1. The Bertz CT molecular complexity index is 1090. The van der Waals surface area contributed by atoms with Crippen LogP contribution in [0.4, 0.5) is 16.4 Å². The van der Waals surface area contributed by atoms with Crippen molar-refractivity contribution in [1.29, 1.82) is 0 Å². The predicted molar refractivity (Wildman–Crippen MR) is 120 cm³/mol. The molecule has 3 N–H and O–H groups in total. The van der Waals surface area contributed by atoms with Gasteiger partial charge in [-0.1, -0.05) is 11.3 Å². The first-order valence-corrected chi connectivity index (χ1v) is 11.1. The van der Waals surface area contributed by atoms with E-state index in [9.17, 15) is 14.4 Å². The zero-order chi connectivity index (χ0) is 21.3. The number of hydrogen-bond acceptors (Lipinski definition) is 7. The molecule has 0 bridgehead atoms. The topological polar surface area (TPSA) is 116 Å². The van der Waals surface area contributed by atoms with Gasteiger partial charge in [0.1, 0.15) is 5.00 Å². The van der Waals surface area contributed by atoms with Gasteiger partial charge in [-0.15, -0.1) is 21.6 Å². The number of aromatic amines is 1. The highest BCUT2D eigenvalue weighted by Crippen LogP contribution is 2.30. The minimum absolute atomic E-state index is 0.0648. The molecule has 1 aromatic carbocycles. The second kappa shape index (κ2) is 10.6. The van der Waals surface area contributed by atoms with Crippen LogP contribution in [-0.4, -0.2) is 23.3 Å². The third-order valence-electron chi connectivity index (χ3n) is 3.98. The van der Waals surface area contributed by atoms with Gasteiger partial charge in [-0.3, -0.25) is 14.4 Å². The number of hydrogen-bond donors (Lipinski definition) is 3. The first kappa shape index (κ1) is 21.6. The molecule has 8 nitrogen and oxygen atoms in total. The average Bonchev–Trinajstić information content (AvgIpc) is 3.38. The Balaban J connectivity index is 1.75. The molecule has 156 valence electrons. The zero-order valence-corrected chi connectivity index (χ0v) is 17.9. The molecule has 10 heteroatoms. The van der Waals surface area contributed by atoms with E-state index in [0.717, 1.165) is 16.3 Å². The van der Waals surface area contributed by atoms with Gasteiger partial charge >= 0.3 is 4.87 Å². The van der Waals surface area contributed by atoms with Crippen molar-refractivity contribution in [3.63, 3.8) is 0 Å². The number of nitrogens with zero attached hydrogens (tertiary/aromatic N) is 2. The Labute approximate surface area is 181 Å². The minimum Gasteiger partial charge on any atom is -0.356 e. The quantitative estimate of drug-likeness (QED) is 0.411. The van der Waals surface area contributed by atoms with Gasteiger partial charge in [-0.05, 0) is 49.1 Å². The summed E-state index contributed by atoms with van der Waals surface area (Å²) in [6.07, 6.45) is 0.987. The number of thiazole rings is 1. The van der Waals surface area contributed by atoms with E-state index in [1.54, 1.807) is 23.6 Å². The van der Waals surface area contributed by atoms with Gasteiger partial charge in [0.25, 0.3) is 0 Å². The molecule has 30 heavy (non-hydrogen) atoms. The Hall–Kier alpha value is -3.11. The largest absolute Gasteiger partial charge is 0.356 e. The number of nitrogens with one attached hydrogen (secondary N) is 3. The summed E-state index contributed by atoms with van der Waals surface area (Å²) >= 11 is 2.53. The van der Waals surface area contributed by atoms with Gasteiger partial charge in [-0.2, -0.15) is 0 Å². The number of thiophene rings is 1. The molecule has 3 aromatic rings. The van der Waals surface area contributed by atoms with Crippen molar-refractivity contribution in [2.75, 3.05) is 11.9 Å². The van der Waals surface area contributed by atoms with Gasteiger partial charge in [0, 0.05) is 36.0 Å². The Morgan fingerprint density at radius 2 is 1.93 bits per heavy atom. The lowest BCUT2D eigenvalue weighted by molar-refractivity contribution is -0.121. The average molecular weight is 444 g/mol. The molecule has 0 unspecified atom stereocenters. The molecule has 2 amide bonds. The summed E-state index contributed by atoms with van der Waals surface area (Å²) in [7, 11) is 0. The van der Waals surface area contributed by atoms with Crippen molar-refractivity contribution >= 4 is 50.9 Å². The molecule has 0 saturated heterocycles. The summed E-state index contributed by atoms with van der Waals surface area (Å²) in [6, 6.07) is 9.01. The van der Waals surface area contributed by atoms with Gasteiger partial charge < -0.3 is 15.6 Å². The molecule has 3 rings (SSSR count). The van der Waals surface area contributed by atoms with E-state index < -0.39 is 0 Å². The summed E-state index contributed by atoms with van der Waals surface area (Å²) < 4.78 is 0. The van der Waals surface area contributed by atoms with Crippen molar-refractivity contribution in [3.8, 4) is 11.3 Å². The number of azo groups is 1. The lowest BCUT2D eigenvalue weighted by atomic mass is 10.1. The van der Waals surface area contributed by atoms with E-state index in [2.05, 4.69) is 25.8 Å². The van der Waals surface area contributed by atoms with Crippen molar-refractivity contribution in [2.24, 2.45) is 10.2 Å². The highest BCUT2D eigenvalue weighted by molar-refractivity contribution is 7.13. The highest BCUT2D eigenvalue weighted by atomic mass is 32.1. The summed E-state index contributed by atoms with van der Waals surface area (Å²) in [5.74, 6) is -0.263. The third kappa shape index (κ3) is 6.46. The van der Waals surface area contributed by atoms with Gasteiger partial charge in [0.2, 0.25) is 11.8 Å². The Morgan fingerprint density at radius 3 is 2.63 bits per heavy atom. The normalized spacial score (nSPS) is 11.0. The highest BCUT2D eigenvalue weighted by Gasteiger charge is 2.09. The number of H-pyrrole nitrogens is 1. The fraction of sp³-hybridized carbons (Fsp3) is 0.250. The molecular formula is C20H21N5O3S2. The fourth-order valence-corrected chi connectivity index (χ4v) is 3.80. The number of carbonyl (C=O) groups is 2. The van der Waals surface area contributed by atoms with Crippen LogP contribution in [0.3, 0.4) is 0 Å². The van der Waals surface area contributed by atoms with Crippen LogP contribution < -0.4 is 15.5 Å². The number of amides is 2. The second-order valence-corrected chi connectivity index (χ2v) is 8.11. The number of rotatable bonds is 9. The van der Waals surface area contributed by atoms with Crippen molar-refractivity contribution < 1.29 is 9.59 Å². The third-order valence-corrected chi connectivity index (χ3v) is 5.41. The van der Waals surface area contributed by atoms with E-state index in [1.165, 1.54) is 11.3 Å². The molecule has 0 aliphatic heterocycles. The summed E-state index contributed by atoms with van der Waals surface area (Å²) in [4.78, 5) is 38.0. The minimum atomic E-state index is -0.198. The van der Waals surface area contributed by atoms with Gasteiger partial charge in [0.05, 0.1) is 11.4 Å².